The van der Waals surface area contributed by atoms with Crippen LogP contribution in [0.5, 0.6) is 0 Å². The summed E-state index contributed by atoms with van der Waals surface area (Å²) in [5, 5.41) is 6.29. The lowest BCUT2D eigenvalue weighted by atomic mass is 9.81. The maximum absolute atomic E-state index is 11.5. The largest absolute Gasteiger partial charge is 0.369 e. The van der Waals surface area contributed by atoms with Crippen molar-refractivity contribution in [3.63, 3.8) is 0 Å². The molecular weight excluding hydrogens is 204 g/mol. The molecule has 0 aliphatic carbocycles. The van der Waals surface area contributed by atoms with Gasteiger partial charge in [0.05, 0.1) is 6.10 Å². The molecule has 1 aliphatic rings. The molecule has 1 heterocycles. The van der Waals surface area contributed by atoms with Gasteiger partial charge in [-0.2, -0.15) is 0 Å². The quantitative estimate of drug-likeness (QED) is 0.735. The standard InChI is InChI=1S/C12H24N2O2/c1-10(2)16-8-11(15)14-9-12(3)4-6-13-7-5-12/h10,13H,4-9H2,1-3H3,(H,14,15). The number of hydrogen-bond donors (Lipinski definition) is 2. The Balaban J connectivity index is 2.19. The number of nitrogens with one attached hydrogen (secondary N) is 2. The average molecular weight is 228 g/mol. The fourth-order valence-electron chi connectivity index (χ4n) is 1.81. The lowest BCUT2D eigenvalue weighted by Crippen LogP contribution is -2.43. The summed E-state index contributed by atoms with van der Waals surface area (Å²) in [6.07, 6.45) is 2.36. The van der Waals surface area contributed by atoms with Crippen LogP contribution in [0, 0.1) is 5.41 Å². The van der Waals surface area contributed by atoms with Crippen molar-refractivity contribution < 1.29 is 9.53 Å². The van der Waals surface area contributed by atoms with E-state index in [-0.39, 0.29) is 24.0 Å². The fourth-order valence-corrected chi connectivity index (χ4v) is 1.81. The summed E-state index contributed by atoms with van der Waals surface area (Å²) >= 11 is 0. The molecule has 0 atom stereocenters. The summed E-state index contributed by atoms with van der Waals surface area (Å²) in [7, 11) is 0. The van der Waals surface area contributed by atoms with E-state index in [1.54, 1.807) is 0 Å². The number of piperidine rings is 1. The van der Waals surface area contributed by atoms with Gasteiger partial charge >= 0.3 is 0 Å². The highest BCUT2D eigenvalue weighted by atomic mass is 16.5. The predicted molar refractivity (Wildman–Crippen MR) is 64.3 cm³/mol. The molecular formula is C12H24N2O2. The highest BCUT2D eigenvalue weighted by molar-refractivity contribution is 5.77. The summed E-state index contributed by atoms with van der Waals surface area (Å²) in [5.41, 5.74) is 0.249. The Morgan fingerprint density at radius 3 is 2.62 bits per heavy atom. The second kappa shape index (κ2) is 6.21. The molecule has 0 bridgehead atoms. The van der Waals surface area contributed by atoms with Crippen LogP contribution in [0.1, 0.15) is 33.6 Å². The van der Waals surface area contributed by atoms with Crippen LogP contribution in [0.25, 0.3) is 0 Å². The number of ether oxygens (including phenoxy) is 1. The van der Waals surface area contributed by atoms with Gasteiger partial charge in [-0.25, -0.2) is 0 Å². The fraction of sp³-hybridized carbons (Fsp3) is 0.917. The first-order valence-electron chi connectivity index (χ1n) is 6.11. The first-order chi connectivity index (χ1) is 7.52. The third kappa shape index (κ3) is 4.94. The summed E-state index contributed by atoms with van der Waals surface area (Å²) in [6.45, 7) is 9.13. The average Bonchev–Trinajstić information content (AvgIpc) is 2.25. The number of carbonyl (C=O) groups is 1. The monoisotopic (exact) mass is 228 g/mol. The van der Waals surface area contributed by atoms with Gasteiger partial charge in [0.25, 0.3) is 0 Å². The molecule has 4 heteroatoms. The molecule has 0 aromatic heterocycles. The summed E-state index contributed by atoms with van der Waals surface area (Å²) < 4.78 is 5.25. The van der Waals surface area contributed by atoms with Crippen molar-refractivity contribution in [1.82, 2.24) is 10.6 Å². The van der Waals surface area contributed by atoms with Crippen molar-refractivity contribution in [2.45, 2.75) is 39.7 Å². The van der Waals surface area contributed by atoms with Crippen LogP contribution in [-0.2, 0) is 9.53 Å². The molecule has 1 amide bonds. The number of amides is 1. The Hall–Kier alpha value is -0.610. The van der Waals surface area contributed by atoms with Crippen LogP contribution in [-0.4, -0.2) is 38.3 Å². The number of rotatable bonds is 5. The molecule has 0 aromatic carbocycles. The van der Waals surface area contributed by atoms with Crippen molar-refractivity contribution in [3.05, 3.63) is 0 Å². The minimum atomic E-state index is -0.00606. The zero-order chi connectivity index (χ0) is 12.0. The topological polar surface area (TPSA) is 50.4 Å². The van der Waals surface area contributed by atoms with Gasteiger partial charge < -0.3 is 15.4 Å². The second-order valence-electron chi connectivity index (χ2n) is 5.20. The third-order valence-electron chi connectivity index (χ3n) is 3.07. The molecule has 16 heavy (non-hydrogen) atoms. The molecule has 1 rings (SSSR count). The molecule has 1 saturated heterocycles. The Morgan fingerprint density at radius 1 is 1.44 bits per heavy atom. The number of hydrogen-bond acceptors (Lipinski definition) is 3. The first-order valence-corrected chi connectivity index (χ1v) is 6.11. The van der Waals surface area contributed by atoms with Gasteiger partial charge in [0.15, 0.2) is 0 Å². The van der Waals surface area contributed by atoms with Crippen LogP contribution < -0.4 is 10.6 Å². The van der Waals surface area contributed by atoms with E-state index in [1.807, 2.05) is 13.8 Å². The van der Waals surface area contributed by atoms with E-state index in [2.05, 4.69) is 17.6 Å². The van der Waals surface area contributed by atoms with Crippen LogP contribution >= 0.6 is 0 Å². The van der Waals surface area contributed by atoms with Gasteiger partial charge in [-0.15, -0.1) is 0 Å². The zero-order valence-electron chi connectivity index (χ0n) is 10.6. The molecule has 0 radical (unpaired) electrons. The van der Waals surface area contributed by atoms with Gasteiger partial charge in [0.2, 0.25) is 5.91 Å². The molecule has 4 nitrogen and oxygen atoms in total. The van der Waals surface area contributed by atoms with Crippen molar-refractivity contribution in [2.24, 2.45) is 5.41 Å². The SMILES string of the molecule is CC(C)OCC(=O)NCC1(C)CCNCC1. The van der Waals surface area contributed by atoms with Crippen LogP contribution in [0.3, 0.4) is 0 Å². The normalized spacial score (nSPS) is 19.8. The molecule has 94 valence electrons. The van der Waals surface area contributed by atoms with Gasteiger partial charge in [-0.05, 0) is 45.2 Å². The lowest BCUT2D eigenvalue weighted by Gasteiger charge is -2.34. The third-order valence-corrected chi connectivity index (χ3v) is 3.07. The van der Waals surface area contributed by atoms with Gasteiger partial charge in [0.1, 0.15) is 6.61 Å². The smallest absolute Gasteiger partial charge is 0.246 e. The molecule has 0 saturated carbocycles. The van der Waals surface area contributed by atoms with E-state index < -0.39 is 0 Å². The Morgan fingerprint density at radius 2 is 2.06 bits per heavy atom. The van der Waals surface area contributed by atoms with Crippen molar-refractivity contribution in [2.75, 3.05) is 26.2 Å². The van der Waals surface area contributed by atoms with Crippen LogP contribution in [0.15, 0.2) is 0 Å². The van der Waals surface area contributed by atoms with Gasteiger partial charge in [0, 0.05) is 6.54 Å². The molecule has 0 aromatic rings. The second-order valence-corrected chi connectivity index (χ2v) is 5.20. The van der Waals surface area contributed by atoms with Crippen LogP contribution in [0.4, 0.5) is 0 Å². The number of carbonyl (C=O) groups excluding carboxylic acids is 1. The van der Waals surface area contributed by atoms with E-state index in [9.17, 15) is 4.79 Å². The highest BCUT2D eigenvalue weighted by Crippen LogP contribution is 2.26. The first kappa shape index (κ1) is 13.5. The molecule has 0 unspecified atom stereocenters. The summed E-state index contributed by atoms with van der Waals surface area (Å²) in [5.74, 6) is -0.00606. The van der Waals surface area contributed by atoms with Gasteiger partial charge in [-0.3, -0.25) is 4.79 Å². The van der Waals surface area contributed by atoms with E-state index in [0.29, 0.717) is 0 Å². The van der Waals surface area contributed by atoms with Crippen molar-refractivity contribution >= 4 is 5.91 Å². The van der Waals surface area contributed by atoms with Crippen molar-refractivity contribution in [3.8, 4) is 0 Å². The highest BCUT2D eigenvalue weighted by Gasteiger charge is 2.26. The Labute approximate surface area is 98.1 Å². The molecule has 1 fully saturated rings. The predicted octanol–water partition coefficient (Wildman–Crippen LogP) is 0.917. The zero-order valence-corrected chi connectivity index (χ0v) is 10.6. The Bertz CT molecular complexity index is 223. The van der Waals surface area contributed by atoms with E-state index in [4.69, 9.17) is 4.74 Å². The summed E-state index contributed by atoms with van der Waals surface area (Å²) in [4.78, 5) is 11.5. The minimum absolute atomic E-state index is 0.00606. The minimum Gasteiger partial charge on any atom is -0.369 e. The lowest BCUT2D eigenvalue weighted by molar-refractivity contribution is -0.127. The van der Waals surface area contributed by atoms with E-state index in [1.165, 1.54) is 0 Å². The van der Waals surface area contributed by atoms with Crippen LogP contribution in [0.2, 0.25) is 0 Å². The maximum atomic E-state index is 11.5. The van der Waals surface area contributed by atoms with E-state index in [0.717, 1.165) is 32.5 Å². The Kier molecular flexibility index (Phi) is 5.22. The molecule has 1 aliphatic heterocycles. The molecule has 2 N–H and O–H groups in total. The summed E-state index contributed by atoms with van der Waals surface area (Å²) in [6, 6.07) is 0. The van der Waals surface area contributed by atoms with E-state index >= 15 is 0 Å². The van der Waals surface area contributed by atoms with Crippen molar-refractivity contribution in [1.29, 1.82) is 0 Å². The van der Waals surface area contributed by atoms with Gasteiger partial charge in [-0.1, -0.05) is 6.92 Å². The molecule has 0 spiro atoms. The maximum Gasteiger partial charge on any atom is 0.246 e.